The predicted molar refractivity (Wildman–Crippen MR) is 58.7 cm³/mol. The highest BCUT2D eigenvalue weighted by molar-refractivity contribution is 4.61. The Bertz CT molecular complexity index is 121. The Morgan fingerprint density at radius 2 is 1.86 bits per heavy atom. The average Bonchev–Trinajstić information content (AvgIpc) is 2.15. The van der Waals surface area contributed by atoms with Gasteiger partial charge in [0.1, 0.15) is 0 Å². The largest absolute Gasteiger partial charge is 0.382 e. The highest BCUT2D eigenvalue weighted by atomic mass is 16.5. The van der Waals surface area contributed by atoms with Crippen molar-refractivity contribution in [3.8, 4) is 0 Å². The van der Waals surface area contributed by atoms with Gasteiger partial charge in [-0.1, -0.05) is 13.8 Å². The van der Waals surface area contributed by atoms with Crippen LogP contribution in [0.1, 0.15) is 13.8 Å². The standard InChI is InChI=1S/C10H24N2O2/c1-9(2)12-6-5-11-7-10(14-4)8-13-3/h9-12H,5-8H2,1-4H3. The van der Waals surface area contributed by atoms with E-state index in [-0.39, 0.29) is 6.10 Å². The van der Waals surface area contributed by atoms with Gasteiger partial charge in [0.15, 0.2) is 0 Å². The number of nitrogens with one attached hydrogen (secondary N) is 2. The van der Waals surface area contributed by atoms with Crippen LogP contribution in [-0.2, 0) is 9.47 Å². The number of hydrogen-bond donors (Lipinski definition) is 2. The minimum Gasteiger partial charge on any atom is -0.382 e. The quantitative estimate of drug-likeness (QED) is 0.528. The summed E-state index contributed by atoms with van der Waals surface area (Å²) in [7, 11) is 3.39. The molecule has 0 heterocycles. The van der Waals surface area contributed by atoms with E-state index in [1.165, 1.54) is 0 Å². The lowest BCUT2D eigenvalue weighted by molar-refractivity contribution is 0.0291. The second kappa shape index (κ2) is 9.40. The van der Waals surface area contributed by atoms with Gasteiger partial charge in [-0.2, -0.15) is 0 Å². The SMILES string of the molecule is COCC(CNCCNC(C)C)OC. The van der Waals surface area contributed by atoms with E-state index in [0.717, 1.165) is 19.6 Å². The van der Waals surface area contributed by atoms with E-state index >= 15 is 0 Å². The van der Waals surface area contributed by atoms with Crippen molar-refractivity contribution < 1.29 is 9.47 Å². The lowest BCUT2D eigenvalue weighted by Crippen LogP contribution is -2.37. The Kier molecular flexibility index (Phi) is 9.29. The molecule has 0 rings (SSSR count). The Morgan fingerprint density at radius 1 is 1.14 bits per heavy atom. The highest BCUT2D eigenvalue weighted by Crippen LogP contribution is 1.87. The Hall–Kier alpha value is -0.160. The molecule has 0 aromatic carbocycles. The first-order chi connectivity index (χ1) is 6.70. The fraction of sp³-hybridized carbons (Fsp3) is 1.00. The molecular weight excluding hydrogens is 180 g/mol. The van der Waals surface area contributed by atoms with Crippen LogP contribution in [0.15, 0.2) is 0 Å². The Labute approximate surface area is 87.4 Å². The van der Waals surface area contributed by atoms with Gasteiger partial charge < -0.3 is 20.1 Å². The van der Waals surface area contributed by atoms with Crippen LogP contribution < -0.4 is 10.6 Å². The van der Waals surface area contributed by atoms with Crippen LogP contribution in [-0.4, -0.2) is 52.6 Å². The third-order valence-corrected chi connectivity index (χ3v) is 1.91. The van der Waals surface area contributed by atoms with Gasteiger partial charge in [0, 0.05) is 39.9 Å². The predicted octanol–water partition coefficient (Wildman–Crippen LogP) is 0.235. The molecule has 0 aliphatic rings. The first kappa shape index (κ1) is 13.8. The molecule has 4 heteroatoms. The van der Waals surface area contributed by atoms with E-state index in [9.17, 15) is 0 Å². The van der Waals surface area contributed by atoms with Crippen LogP contribution >= 0.6 is 0 Å². The fourth-order valence-corrected chi connectivity index (χ4v) is 1.11. The zero-order valence-corrected chi connectivity index (χ0v) is 9.80. The van der Waals surface area contributed by atoms with Crippen molar-refractivity contribution in [1.82, 2.24) is 10.6 Å². The van der Waals surface area contributed by atoms with Crippen molar-refractivity contribution in [2.45, 2.75) is 26.0 Å². The van der Waals surface area contributed by atoms with Crippen LogP contribution in [0.4, 0.5) is 0 Å². The van der Waals surface area contributed by atoms with Gasteiger partial charge in [-0.25, -0.2) is 0 Å². The van der Waals surface area contributed by atoms with E-state index in [0.29, 0.717) is 12.6 Å². The van der Waals surface area contributed by atoms with Crippen LogP contribution in [0.2, 0.25) is 0 Å². The summed E-state index contributed by atoms with van der Waals surface area (Å²) in [4.78, 5) is 0. The van der Waals surface area contributed by atoms with Gasteiger partial charge in [-0.3, -0.25) is 0 Å². The average molecular weight is 204 g/mol. The van der Waals surface area contributed by atoms with E-state index in [1.807, 2.05) is 0 Å². The first-order valence-electron chi connectivity index (χ1n) is 5.16. The second-order valence-corrected chi connectivity index (χ2v) is 3.63. The molecule has 1 unspecified atom stereocenters. The minimum atomic E-state index is 0.152. The molecule has 0 aromatic rings. The Morgan fingerprint density at radius 3 is 2.36 bits per heavy atom. The number of rotatable bonds is 9. The molecule has 0 saturated heterocycles. The normalized spacial score (nSPS) is 13.5. The van der Waals surface area contributed by atoms with Gasteiger partial charge in [-0.15, -0.1) is 0 Å². The summed E-state index contributed by atoms with van der Waals surface area (Å²) in [5.41, 5.74) is 0. The number of methoxy groups -OCH3 is 2. The molecule has 0 spiro atoms. The lowest BCUT2D eigenvalue weighted by Gasteiger charge is -2.15. The summed E-state index contributed by atoms with van der Waals surface area (Å²) < 4.78 is 10.2. The Balaban J connectivity index is 3.24. The molecule has 2 N–H and O–H groups in total. The van der Waals surface area contributed by atoms with Gasteiger partial charge in [-0.05, 0) is 0 Å². The van der Waals surface area contributed by atoms with Crippen molar-refractivity contribution in [3.05, 3.63) is 0 Å². The molecule has 0 aromatic heterocycles. The molecule has 4 nitrogen and oxygen atoms in total. The zero-order chi connectivity index (χ0) is 10.8. The van der Waals surface area contributed by atoms with Gasteiger partial charge in [0.25, 0.3) is 0 Å². The molecule has 0 fully saturated rings. The summed E-state index contributed by atoms with van der Waals surface area (Å²) >= 11 is 0. The first-order valence-corrected chi connectivity index (χ1v) is 5.16. The van der Waals surface area contributed by atoms with E-state index in [4.69, 9.17) is 9.47 Å². The van der Waals surface area contributed by atoms with E-state index in [2.05, 4.69) is 24.5 Å². The molecule has 14 heavy (non-hydrogen) atoms. The summed E-state index contributed by atoms with van der Waals surface area (Å²) in [6.07, 6.45) is 0.152. The van der Waals surface area contributed by atoms with Crippen molar-refractivity contribution >= 4 is 0 Å². The molecule has 0 aliphatic carbocycles. The summed E-state index contributed by atoms with van der Waals surface area (Å²) in [5.74, 6) is 0. The zero-order valence-electron chi connectivity index (χ0n) is 9.80. The molecule has 1 atom stereocenters. The molecule has 0 radical (unpaired) electrons. The summed E-state index contributed by atoms with van der Waals surface area (Å²) in [6, 6.07) is 0.550. The van der Waals surface area contributed by atoms with Gasteiger partial charge >= 0.3 is 0 Å². The molecule has 86 valence electrons. The van der Waals surface area contributed by atoms with Crippen LogP contribution in [0.5, 0.6) is 0 Å². The molecule has 0 amide bonds. The number of hydrogen-bond acceptors (Lipinski definition) is 4. The monoisotopic (exact) mass is 204 g/mol. The van der Waals surface area contributed by atoms with Crippen LogP contribution in [0.25, 0.3) is 0 Å². The third kappa shape index (κ3) is 8.44. The number of ether oxygens (including phenoxy) is 2. The highest BCUT2D eigenvalue weighted by Gasteiger charge is 2.04. The summed E-state index contributed by atoms with van der Waals surface area (Å²) in [5, 5.41) is 6.64. The topological polar surface area (TPSA) is 42.5 Å². The van der Waals surface area contributed by atoms with Crippen molar-refractivity contribution in [2.75, 3.05) is 40.5 Å². The molecule has 0 aliphatic heterocycles. The van der Waals surface area contributed by atoms with Crippen molar-refractivity contribution in [3.63, 3.8) is 0 Å². The maximum atomic E-state index is 5.21. The maximum Gasteiger partial charge on any atom is 0.0928 e. The van der Waals surface area contributed by atoms with E-state index < -0.39 is 0 Å². The lowest BCUT2D eigenvalue weighted by atomic mass is 10.3. The minimum absolute atomic E-state index is 0.152. The van der Waals surface area contributed by atoms with E-state index in [1.54, 1.807) is 14.2 Å². The molecular formula is C10H24N2O2. The fourth-order valence-electron chi connectivity index (χ4n) is 1.11. The van der Waals surface area contributed by atoms with Crippen LogP contribution in [0.3, 0.4) is 0 Å². The second-order valence-electron chi connectivity index (χ2n) is 3.63. The van der Waals surface area contributed by atoms with Gasteiger partial charge in [0.2, 0.25) is 0 Å². The smallest absolute Gasteiger partial charge is 0.0928 e. The van der Waals surface area contributed by atoms with Gasteiger partial charge in [0.05, 0.1) is 12.7 Å². The summed E-state index contributed by atoms with van der Waals surface area (Å²) in [6.45, 7) is 7.71. The molecule has 0 saturated carbocycles. The van der Waals surface area contributed by atoms with Crippen molar-refractivity contribution in [2.24, 2.45) is 0 Å². The third-order valence-electron chi connectivity index (χ3n) is 1.91. The molecule has 0 bridgehead atoms. The van der Waals surface area contributed by atoms with Crippen LogP contribution in [0, 0.1) is 0 Å². The maximum absolute atomic E-state index is 5.21. The van der Waals surface area contributed by atoms with Crippen molar-refractivity contribution in [1.29, 1.82) is 0 Å².